The lowest BCUT2D eigenvalue weighted by Gasteiger charge is -2.22. The molecule has 0 spiro atoms. The van der Waals surface area contributed by atoms with Gasteiger partial charge in [0.1, 0.15) is 0 Å². The first-order chi connectivity index (χ1) is 7.90. The highest BCUT2D eigenvalue weighted by Crippen LogP contribution is 2.15. The second-order valence-electron chi connectivity index (χ2n) is 3.16. The summed E-state index contributed by atoms with van der Waals surface area (Å²) in [7, 11) is 0. The van der Waals surface area contributed by atoms with Crippen LogP contribution in [-0.2, 0) is 0 Å². The van der Waals surface area contributed by atoms with Crippen molar-refractivity contribution < 1.29 is 4.84 Å². The first-order valence-electron chi connectivity index (χ1n) is 4.94. The molecule has 0 radical (unpaired) electrons. The van der Waals surface area contributed by atoms with E-state index in [9.17, 15) is 0 Å². The second-order valence-corrected chi connectivity index (χ2v) is 3.16. The van der Waals surface area contributed by atoms with Crippen LogP contribution in [-0.4, -0.2) is 0 Å². The molecule has 0 aliphatic heterocycles. The van der Waals surface area contributed by atoms with Crippen LogP contribution < -0.4 is 21.4 Å². The van der Waals surface area contributed by atoms with E-state index in [-0.39, 0.29) is 0 Å². The van der Waals surface area contributed by atoms with Crippen LogP contribution >= 0.6 is 0 Å². The maximum Gasteiger partial charge on any atom is 0.157 e. The van der Waals surface area contributed by atoms with Crippen molar-refractivity contribution in [1.82, 2.24) is 5.53 Å². The van der Waals surface area contributed by atoms with Gasteiger partial charge < -0.3 is 4.84 Å². The average molecular weight is 215 g/mol. The van der Waals surface area contributed by atoms with Crippen LogP contribution in [0.3, 0.4) is 0 Å². The molecule has 0 unspecified atom stereocenters. The van der Waals surface area contributed by atoms with Crippen LogP contribution in [0.1, 0.15) is 0 Å². The van der Waals surface area contributed by atoms with Crippen LogP contribution in [0.2, 0.25) is 0 Å². The molecule has 3 N–H and O–H groups in total. The summed E-state index contributed by atoms with van der Waals surface area (Å²) in [6, 6.07) is 19.0. The lowest BCUT2D eigenvalue weighted by atomic mass is 10.3. The van der Waals surface area contributed by atoms with Crippen LogP contribution in [0.4, 0.5) is 5.69 Å². The lowest BCUT2D eigenvalue weighted by molar-refractivity contribution is 0.237. The highest BCUT2D eigenvalue weighted by atomic mass is 16.7. The minimum Gasteiger partial charge on any atom is -0.363 e. The Morgan fingerprint density at radius 2 is 1.44 bits per heavy atom. The number of hydrogen-bond donors (Lipinski definition) is 2. The van der Waals surface area contributed by atoms with E-state index in [1.165, 1.54) is 5.17 Å². The Morgan fingerprint density at radius 1 is 0.875 bits per heavy atom. The van der Waals surface area contributed by atoms with Gasteiger partial charge in [0.2, 0.25) is 0 Å². The van der Waals surface area contributed by atoms with Gasteiger partial charge in [0, 0.05) is 0 Å². The standard InChI is InChI=1S/C12H13N3O/c13-14-15(11-7-3-1-4-8-11)16-12-9-5-2-6-10-12/h1-10,14H,13H2. The summed E-state index contributed by atoms with van der Waals surface area (Å²) in [4.78, 5) is 5.55. The maximum absolute atomic E-state index is 5.55. The first-order valence-corrected chi connectivity index (χ1v) is 4.94. The predicted octanol–water partition coefficient (Wildman–Crippen LogP) is 1.87. The molecular formula is C12H13N3O. The Labute approximate surface area is 94.1 Å². The van der Waals surface area contributed by atoms with Gasteiger partial charge in [0.25, 0.3) is 0 Å². The van der Waals surface area contributed by atoms with Crippen molar-refractivity contribution in [2.45, 2.75) is 0 Å². The number of hydrazine groups is 2. The summed E-state index contributed by atoms with van der Waals surface area (Å²) in [5, 5.41) is 1.40. The van der Waals surface area contributed by atoms with Crippen LogP contribution in [0.15, 0.2) is 60.7 Å². The van der Waals surface area contributed by atoms with Crippen molar-refractivity contribution in [3.8, 4) is 5.75 Å². The van der Waals surface area contributed by atoms with Gasteiger partial charge in [-0.15, -0.1) is 10.7 Å². The quantitative estimate of drug-likeness (QED) is 0.604. The number of nitrogens with two attached hydrogens (primary N) is 1. The Morgan fingerprint density at radius 3 is 2.00 bits per heavy atom. The summed E-state index contributed by atoms with van der Waals surface area (Å²) in [5.41, 5.74) is 3.31. The Bertz CT molecular complexity index is 419. The molecule has 0 atom stereocenters. The van der Waals surface area contributed by atoms with Crippen molar-refractivity contribution in [2.24, 2.45) is 5.84 Å². The monoisotopic (exact) mass is 215 g/mol. The minimum absolute atomic E-state index is 0.712. The molecule has 2 rings (SSSR count). The van der Waals surface area contributed by atoms with Crippen molar-refractivity contribution in [1.29, 1.82) is 0 Å². The van der Waals surface area contributed by atoms with Gasteiger partial charge in [-0.2, -0.15) is 0 Å². The Kier molecular flexibility index (Phi) is 3.38. The van der Waals surface area contributed by atoms with E-state index in [1.807, 2.05) is 60.7 Å². The van der Waals surface area contributed by atoms with Gasteiger partial charge in [-0.05, 0) is 24.3 Å². The van der Waals surface area contributed by atoms with E-state index < -0.39 is 0 Å². The molecule has 0 bridgehead atoms. The molecular weight excluding hydrogens is 202 g/mol. The molecule has 4 nitrogen and oxygen atoms in total. The summed E-state index contributed by atoms with van der Waals surface area (Å²) < 4.78 is 0. The largest absolute Gasteiger partial charge is 0.363 e. The zero-order chi connectivity index (χ0) is 11.2. The lowest BCUT2D eigenvalue weighted by Crippen LogP contribution is -2.45. The molecule has 2 aromatic carbocycles. The van der Waals surface area contributed by atoms with Crippen molar-refractivity contribution in [3.05, 3.63) is 60.7 Å². The highest BCUT2D eigenvalue weighted by molar-refractivity contribution is 5.43. The number of hydrogen-bond acceptors (Lipinski definition) is 4. The van der Waals surface area contributed by atoms with Gasteiger partial charge in [-0.25, -0.2) is 0 Å². The third-order valence-electron chi connectivity index (χ3n) is 2.05. The van der Waals surface area contributed by atoms with E-state index in [2.05, 4.69) is 5.53 Å². The second kappa shape index (κ2) is 5.16. The van der Waals surface area contributed by atoms with E-state index in [0.29, 0.717) is 5.75 Å². The fourth-order valence-corrected chi connectivity index (χ4v) is 1.30. The predicted molar refractivity (Wildman–Crippen MR) is 63.3 cm³/mol. The highest BCUT2D eigenvalue weighted by Gasteiger charge is 2.05. The molecule has 0 heterocycles. The molecule has 2 aromatic rings. The van der Waals surface area contributed by atoms with Gasteiger partial charge >= 0.3 is 0 Å². The topological polar surface area (TPSA) is 50.5 Å². The summed E-state index contributed by atoms with van der Waals surface area (Å²) in [6.07, 6.45) is 0. The van der Waals surface area contributed by atoms with Gasteiger partial charge in [-0.1, -0.05) is 36.4 Å². The van der Waals surface area contributed by atoms with Crippen molar-refractivity contribution >= 4 is 5.69 Å². The third-order valence-corrected chi connectivity index (χ3v) is 2.05. The molecule has 0 aliphatic rings. The molecule has 82 valence electrons. The van der Waals surface area contributed by atoms with E-state index >= 15 is 0 Å². The summed E-state index contributed by atoms with van der Waals surface area (Å²) >= 11 is 0. The van der Waals surface area contributed by atoms with E-state index in [0.717, 1.165) is 5.69 Å². The van der Waals surface area contributed by atoms with Gasteiger partial charge in [0.05, 0.1) is 5.69 Å². The maximum atomic E-state index is 5.55. The smallest absolute Gasteiger partial charge is 0.157 e. The van der Waals surface area contributed by atoms with Crippen LogP contribution in [0, 0.1) is 0 Å². The number of anilines is 1. The molecule has 0 saturated carbocycles. The van der Waals surface area contributed by atoms with Crippen LogP contribution in [0.25, 0.3) is 0 Å². The number of nitrogens with zero attached hydrogens (tertiary/aromatic N) is 1. The Hall–Kier alpha value is -2.04. The van der Waals surface area contributed by atoms with Crippen LogP contribution in [0.5, 0.6) is 5.75 Å². The third kappa shape index (κ3) is 2.50. The number of para-hydroxylation sites is 2. The molecule has 4 heteroatoms. The van der Waals surface area contributed by atoms with Crippen molar-refractivity contribution in [2.75, 3.05) is 5.17 Å². The zero-order valence-corrected chi connectivity index (χ0v) is 8.71. The number of rotatable bonds is 4. The Balaban J connectivity index is 2.13. The fourth-order valence-electron chi connectivity index (χ4n) is 1.30. The van der Waals surface area contributed by atoms with Gasteiger partial charge in [0.15, 0.2) is 5.75 Å². The molecule has 0 amide bonds. The summed E-state index contributed by atoms with van der Waals surface area (Å²) in [6.45, 7) is 0. The van der Waals surface area contributed by atoms with E-state index in [4.69, 9.17) is 10.7 Å². The number of benzene rings is 2. The average Bonchev–Trinajstić information content (AvgIpc) is 2.38. The fraction of sp³-hybridized carbons (Fsp3) is 0. The molecule has 0 fully saturated rings. The van der Waals surface area contributed by atoms with E-state index in [1.54, 1.807) is 0 Å². The van der Waals surface area contributed by atoms with Crippen molar-refractivity contribution in [3.63, 3.8) is 0 Å². The molecule has 16 heavy (non-hydrogen) atoms. The minimum atomic E-state index is 0.712. The molecule has 0 aliphatic carbocycles. The first kappa shape index (κ1) is 10.5. The molecule has 0 aromatic heterocycles. The molecule has 0 saturated heterocycles. The van der Waals surface area contributed by atoms with Gasteiger partial charge in [-0.3, -0.25) is 5.84 Å². The summed E-state index contributed by atoms with van der Waals surface area (Å²) in [5.74, 6) is 6.12. The SMILES string of the molecule is NNN(Oc1ccccc1)c1ccccc1. The normalized spacial score (nSPS) is 9.81. The number of nitrogens with one attached hydrogen (secondary N) is 1. The zero-order valence-electron chi connectivity index (χ0n) is 8.71.